The van der Waals surface area contributed by atoms with Gasteiger partial charge in [0.05, 0.1) is 5.92 Å². The molecular weight excluding hydrogens is 270 g/mol. The zero-order valence-electron chi connectivity index (χ0n) is 10.6. The third-order valence-corrected chi connectivity index (χ3v) is 2.49. The number of aliphatic carboxylic acids is 1. The quantitative estimate of drug-likeness (QED) is 0.677. The van der Waals surface area contributed by atoms with Gasteiger partial charge in [-0.2, -0.15) is 0 Å². The molecule has 0 bridgehead atoms. The first-order valence-corrected chi connectivity index (χ1v) is 5.70. The van der Waals surface area contributed by atoms with Crippen molar-refractivity contribution in [2.75, 3.05) is 6.54 Å². The van der Waals surface area contributed by atoms with Gasteiger partial charge in [-0.1, -0.05) is 6.92 Å². The lowest BCUT2D eigenvalue weighted by molar-refractivity contribution is -0.141. The number of nitrogens with one attached hydrogen (secondary N) is 1. The van der Waals surface area contributed by atoms with E-state index in [0.717, 1.165) is 12.1 Å². The van der Waals surface area contributed by atoms with Gasteiger partial charge in [0.1, 0.15) is 0 Å². The van der Waals surface area contributed by atoms with Crippen LogP contribution in [0, 0.1) is 5.92 Å². The predicted octanol–water partition coefficient (Wildman–Crippen LogP) is 0.179. The number of hydrogen-bond acceptors (Lipinski definition) is 5. The first-order chi connectivity index (χ1) is 9.31. The summed E-state index contributed by atoms with van der Waals surface area (Å²) >= 11 is 0. The molecule has 0 unspecified atom stereocenters. The van der Waals surface area contributed by atoms with E-state index in [0.29, 0.717) is 0 Å². The van der Waals surface area contributed by atoms with E-state index in [1.165, 1.54) is 6.92 Å². The standard InChI is InChI=1S/C12H13NO7/c1-6(11(16)17)2-3-13-10(15)8-4-7(14)5-9(20-8)12(18)19/h4-6H,2-3H2,1H3,(H,13,15)(H,16,17)(H,18,19)/t6-/m1/s1. The maximum absolute atomic E-state index is 11.6. The second-order valence-electron chi connectivity index (χ2n) is 4.11. The van der Waals surface area contributed by atoms with Crippen molar-refractivity contribution in [1.82, 2.24) is 5.32 Å². The number of hydrogen-bond donors (Lipinski definition) is 3. The molecule has 1 heterocycles. The van der Waals surface area contributed by atoms with Crippen LogP contribution in [-0.4, -0.2) is 34.6 Å². The van der Waals surface area contributed by atoms with Gasteiger partial charge in [0, 0.05) is 18.7 Å². The average molecular weight is 283 g/mol. The minimum absolute atomic E-state index is 0.0628. The first-order valence-electron chi connectivity index (χ1n) is 5.70. The molecule has 0 aliphatic carbocycles. The molecule has 0 aromatic carbocycles. The smallest absolute Gasteiger partial charge is 0.371 e. The Kier molecular flexibility index (Phi) is 5.01. The fourth-order valence-corrected chi connectivity index (χ4v) is 1.31. The summed E-state index contributed by atoms with van der Waals surface area (Å²) in [4.78, 5) is 44.1. The first kappa shape index (κ1) is 15.4. The Morgan fingerprint density at radius 1 is 1.25 bits per heavy atom. The molecule has 3 N–H and O–H groups in total. The van der Waals surface area contributed by atoms with E-state index in [2.05, 4.69) is 5.32 Å². The third-order valence-electron chi connectivity index (χ3n) is 2.49. The van der Waals surface area contributed by atoms with Crippen molar-refractivity contribution in [3.8, 4) is 0 Å². The molecule has 8 nitrogen and oxygen atoms in total. The van der Waals surface area contributed by atoms with Gasteiger partial charge >= 0.3 is 11.9 Å². The highest BCUT2D eigenvalue weighted by molar-refractivity contribution is 5.92. The fourth-order valence-electron chi connectivity index (χ4n) is 1.31. The van der Waals surface area contributed by atoms with Gasteiger partial charge in [-0.15, -0.1) is 0 Å². The summed E-state index contributed by atoms with van der Waals surface area (Å²) in [6, 6.07) is 1.62. The van der Waals surface area contributed by atoms with Crippen LogP contribution >= 0.6 is 0 Å². The molecule has 1 rings (SSSR count). The van der Waals surface area contributed by atoms with E-state index in [9.17, 15) is 19.2 Å². The number of carbonyl (C=O) groups is 3. The molecule has 1 atom stereocenters. The van der Waals surface area contributed by atoms with Gasteiger partial charge < -0.3 is 19.9 Å². The highest BCUT2D eigenvalue weighted by atomic mass is 16.4. The second kappa shape index (κ2) is 6.50. The Bertz CT molecular complexity index is 590. The Morgan fingerprint density at radius 3 is 2.40 bits per heavy atom. The van der Waals surface area contributed by atoms with Crippen molar-refractivity contribution in [3.63, 3.8) is 0 Å². The SMILES string of the molecule is C[C@H](CCNC(=O)c1cc(=O)cc(C(=O)O)o1)C(=O)O. The van der Waals surface area contributed by atoms with Crippen LogP contribution in [0.25, 0.3) is 0 Å². The predicted molar refractivity (Wildman–Crippen MR) is 65.7 cm³/mol. The molecule has 0 aliphatic rings. The van der Waals surface area contributed by atoms with Crippen molar-refractivity contribution >= 4 is 17.8 Å². The van der Waals surface area contributed by atoms with Gasteiger partial charge in [0.15, 0.2) is 11.2 Å². The summed E-state index contributed by atoms with van der Waals surface area (Å²) in [6.07, 6.45) is 0.198. The summed E-state index contributed by atoms with van der Waals surface area (Å²) in [6.45, 7) is 1.55. The molecule has 0 aliphatic heterocycles. The minimum atomic E-state index is -1.46. The van der Waals surface area contributed by atoms with Gasteiger partial charge in [0.2, 0.25) is 5.76 Å². The van der Waals surface area contributed by atoms with Crippen molar-refractivity contribution in [3.05, 3.63) is 33.9 Å². The Balaban J connectivity index is 2.71. The molecule has 1 aromatic rings. The number of carboxylic acid groups (broad SMARTS) is 2. The van der Waals surface area contributed by atoms with Crippen LogP contribution in [-0.2, 0) is 4.79 Å². The van der Waals surface area contributed by atoms with Crippen LogP contribution in [0.4, 0.5) is 0 Å². The molecule has 20 heavy (non-hydrogen) atoms. The van der Waals surface area contributed by atoms with E-state index in [1.54, 1.807) is 0 Å². The zero-order chi connectivity index (χ0) is 15.3. The highest BCUT2D eigenvalue weighted by Crippen LogP contribution is 2.03. The molecule has 0 spiro atoms. The van der Waals surface area contributed by atoms with E-state index in [1.807, 2.05) is 0 Å². The lowest BCUT2D eigenvalue weighted by atomic mass is 10.1. The van der Waals surface area contributed by atoms with Crippen molar-refractivity contribution in [1.29, 1.82) is 0 Å². The normalized spacial score (nSPS) is 11.7. The molecule has 0 fully saturated rings. The Morgan fingerprint density at radius 2 is 1.85 bits per heavy atom. The lowest BCUT2D eigenvalue weighted by Crippen LogP contribution is -2.28. The minimum Gasteiger partial charge on any atom is -0.481 e. The molecule has 108 valence electrons. The number of aromatic carboxylic acids is 1. The zero-order valence-corrected chi connectivity index (χ0v) is 10.6. The number of rotatable bonds is 6. The molecule has 1 aromatic heterocycles. The lowest BCUT2D eigenvalue weighted by Gasteiger charge is -2.07. The molecule has 0 radical (unpaired) electrons. The third kappa shape index (κ3) is 4.23. The topological polar surface area (TPSA) is 134 Å². The van der Waals surface area contributed by atoms with E-state index < -0.39 is 40.7 Å². The summed E-state index contributed by atoms with van der Waals surface area (Å²) in [7, 11) is 0. The second-order valence-corrected chi connectivity index (χ2v) is 4.11. The average Bonchev–Trinajstić information content (AvgIpc) is 2.37. The van der Waals surface area contributed by atoms with Crippen molar-refractivity contribution in [2.24, 2.45) is 5.92 Å². The number of carbonyl (C=O) groups excluding carboxylic acids is 1. The van der Waals surface area contributed by atoms with E-state index >= 15 is 0 Å². The fraction of sp³-hybridized carbons (Fsp3) is 0.333. The van der Waals surface area contributed by atoms with Gasteiger partial charge in [-0.25, -0.2) is 4.79 Å². The summed E-state index contributed by atoms with van der Waals surface area (Å²) in [5.41, 5.74) is -0.669. The van der Waals surface area contributed by atoms with Gasteiger partial charge in [-0.3, -0.25) is 14.4 Å². The highest BCUT2D eigenvalue weighted by Gasteiger charge is 2.16. The molecule has 8 heteroatoms. The largest absolute Gasteiger partial charge is 0.481 e. The van der Waals surface area contributed by atoms with Gasteiger partial charge in [0.25, 0.3) is 5.91 Å². The van der Waals surface area contributed by atoms with Crippen LogP contribution in [0.3, 0.4) is 0 Å². The van der Waals surface area contributed by atoms with E-state index in [-0.39, 0.29) is 13.0 Å². The number of carboxylic acids is 2. The van der Waals surface area contributed by atoms with Crippen molar-refractivity contribution < 1.29 is 29.0 Å². The Labute approximate surface area is 113 Å². The Hall–Kier alpha value is -2.64. The van der Waals surface area contributed by atoms with E-state index in [4.69, 9.17) is 14.6 Å². The number of amides is 1. The van der Waals surface area contributed by atoms with Crippen LogP contribution in [0.1, 0.15) is 34.5 Å². The monoisotopic (exact) mass is 283 g/mol. The summed E-state index contributed by atoms with van der Waals surface area (Å²) in [5, 5.41) is 19.7. The van der Waals surface area contributed by atoms with Crippen LogP contribution in [0.5, 0.6) is 0 Å². The molecular formula is C12H13NO7. The van der Waals surface area contributed by atoms with Crippen molar-refractivity contribution in [2.45, 2.75) is 13.3 Å². The maximum atomic E-state index is 11.6. The van der Waals surface area contributed by atoms with Gasteiger partial charge in [-0.05, 0) is 6.42 Å². The molecule has 0 saturated carbocycles. The summed E-state index contributed by atoms with van der Waals surface area (Å²) in [5.74, 6) is -4.93. The van der Waals surface area contributed by atoms with Crippen LogP contribution in [0.2, 0.25) is 0 Å². The maximum Gasteiger partial charge on any atom is 0.371 e. The van der Waals surface area contributed by atoms with Crippen LogP contribution in [0.15, 0.2) is 21.3 Å². The molecule has 1 amide bonds. The van der Waals surface area contributed by atoms with Crippen LogP contribution < -0.4 is 10.7 Å². The summed E-state index contributed by atoms with van der Waals surface area (Å²) < 4.78 is 4.76. The molecule has 0 saturated heterocycles.